The zero-order valence-corrected chi connectivity index (χ0v) is 23.0. The monoisotopic (exact) mass is 547 g/mol. The van der Waals surface area contributed by atoms with E-state index in [0.29, 0.717) is 22.5 Å². The first-order valence-corrected chi connectivity index (χ1v) is 14.7. The highest BCUT2D eigenvalue weighted by molar-refractivity contribution is 8.00. The molecule has 0 bridgehead atoms. The standard InChI is InChI=1S/C24H26ClN5O2S3/c1-4-9-33-22-27-21-19(16-11-24(3,5-2)32-12-17(16)35-21)20-28-29-23(30(20)22)34-13-18(31)26-15-8-6-7-14(25)10-15/h6-8,10H,4-5,9,11-13H2,1-3H3,(H,26,31). The van der Waals surface area contributed by atoms with Crippen molar-refractivity contribution in [3.8, 4) is 0 Å². The molecule has 4 aromatic rings. The maximum atomic E-state index is 12.6. The molecule has 7 nitrogen and oxygen atoms in total. The van der Waals surface area contributed by atoms with Crippen molar-refractivity contribution in [3.05, 3.63) is 39.7 Å². The Kier molecular flexibility index (Phi) is 7.28. The quantitative estimate of drug-likeness (QED) is 0.200. The van der Waals surface area contributed by atoms with E-state index in [9.17, 15) is 4.79 Å². The van der Waals surface area contributed by atoms with Crippen LogP contribution in [0.3, 0.4) is 0 Å². The Balaban J connectivity index is 1.49. The van der Waals surface area contributed by atoms with Crippen LogP contribution in [0, 0.1) is 0 Å². The predicted molar refractivity (Wildman–Crippen MR) is 145 cm³/mol. The van der Waals surface area contributed by atoms with Gasteiger partial charge in [-0.3, -0.25) is 4.79 Å². The molecule has 11 heteroatoms. The number of aromatic nitrogens is 4. The molecular weight excluding hydrogens is 522 g/mol. The van der Waals surface area contributed by atoms with Gasteiger partial charge in [0.25, 0.3) is 0 Å². The van der Waals surface area contributed by atoms with Crippen molar-refractivity contribution < 1.29 is 9.53 Å². The molecule has 184 valence electrons. The number of hydrogen-bond donors (Lipinski definition) is 1. The van der Waals surface area contributed by atoms with Crippen molar-refractivity contribution in [2.75, 3.05) is 16.8 Å². The van der Waals surface area contributed by atoms with Crippen LogP contribution in [-0.2, 0) is 22.6 Å². The zero-order chi connectivity index (χ0) is 24.6. The first-order chi connectivity index (χ1) is 16.9. The van der Waals surface area contributed by atoms with Gasteiger partial charge in [-0.15, -0.1) is 21.5 Å². The Hall–Kier alpha value is -1.85. The van der Waals surface area contributed by atoms with Crippen LogP contribution in [0.4, 0.5) is 5.69 Å². The van der Waals surface area contributed by atoms with Crippen molar-refractivity contribution in [3.63, 3.8) is 0 Å². The van der Waals surface area contributed by atoms with Gasteiger partial charge in [-0.25, -0.2) is 9.38 Å². The van der Waals surface area contributed by atoms with Gasteiger partial charge < -0.3 is 10.1 Å². The van der Waals surface area contributed by atoms with Crippen molar-refractivity contribution in [2.24, 2.45) is 0 Å². The fourth-order valence-electron chi connectivity index (χ4n) is 4.02. The molecule has 0 aliphatic carbocycles. The minimum Gasteiger partial charge on any atom is -0.369 e. The number of amides is 1. The van der Waals surface area contributed by atoms with Gasteiger partial charge in [-0.1, -0.05) is 55.0 Å². The molecule has 1 aromatic carbocycles. The number of thiophene rings is 1. The fraction of sp³-hybridized carbons (Fsp3) is 0.417. The second-order valence-corrected chi connectivity index (χ2v) is 12.2. The van der Waals surface area contributed by atoms with Crippen LogP contribution in [0.5, 0.6) is 0 Å². The Bertz CT molecular complexity index is 1410. The highest BCUT2D eigenvalue weighted by Gasteiger charge is 2.33. The highest BCUT2D eigenvalue weighted by atomic mass is 35.5. The van der Waals surface area contributed by atoms with E-state index >= 15 is 0 Å². The lowest BCUT2D eigenvalue weighted by Gasteiger charge is -2.33. The van der Waals surface area contributed by atoms with E-state index in [2.05, 4.69) is 36.3 Å². The molecule has 0 saturated carbocycles. The molecule has 0 fully saturated rings. The van der Waals surface area contributed by atoms with Crippen LogP contribution in [0.2, 0.25) is 5.02 Å². The first kappa shape index (κ1) is 24.8. The van der Waals surface area contributed by atoms with Gasteiger partial charge in [-0.05, 0) is 43.5 Å². The van der Waals surface area contributed by atoms with Gasteiger partial charge >= 0.3 is 0 Å². The number of nitrogens with one attached hydrogen (secondary N) is 1. The minimum absolute atomic E-state index is 0.130. The molecule has 0 radical (unpaired) electrons. The second-order valence-electron chi connectivity index (χ2n) is 8.68. The largest absolute Gasteiger partial charge is 0.369 e. The summed E-state index contributed by atoms with van der Waals surface area (Å²) >= 11 is 10.8. The number of benzene rings is 1. The Morgan fingerprint density at radius 1 is 1.29 bits per heavy atom. The van der Waals surface area contributed by atoms with Crippen LogP contribution >= 0.6 is 46.5 Å². The molecule has 1 N–H and O–H groups in total. The number of ether oxygens (including phenoxy) is 1. The molecule has 3 aromatic heterocycles. The SMILES string of the molecule is CCCSc1nc2sc3c(c2c2nnc(SCC(=O)Nc4cccc(Cl)c4)n12)CC(C)(CC)OC3. The summed E-state index contributed by atoms with van der Waals surface area (Å²) in [5.41, 5.74) is 2.56. The van der Waals surface area contributed by atoms with E-state index in [0.717, 1.165) is 46.0 Å². The number of hydrogen-bond acceptors (Lipinski definition) is 8. The maximum Gasteiger partial charge on any atom is 0.234 e. The average molecular weight is 548 g/mol. The number of carbonyl (C=O) groups is 1. The van der Waals surface area contributed by atoms with Gasteiger partial charge in [0.1, 0.15) is 4.83 Å². The molecular formula is C24H26ClN5O2S3. The van der Waals surface area contributed by atoms with Crippen LogP contribution in [0.15, 0.2) is 34.6 Å². The van der Waals surface area contributed by atoms with Crippen molar-refractivity contribution in [2.45, 2.75) is 62.6 Å². The van der Waals surface area contributed by atoms with Crippen molar-refractivity contribution >= 4 is 73.9 Å². The smallest absolute Gasteiger partial charge is 0.234 e. The van der Waals surface area contributed by atoms with Crippen LogP contribution in [0.25, 0.3) is 15.9 Å². The summed E-state index contributed by atoms with van der Waals surface area (Å²) in [4.78, 5) is 19.8. The molecule has 1 aliphatic heterocycles. The predicted octanol–water partition coefficient (Wildman–Crippen LogP) is 6.47. The number of halogens is 1. The molecule has 1 atom stereocenters. The Morgan fingerprint density at radius 2 is 2.14 bits per heavy atom. The van der Waals surface area contributed by atoms with E-state index < -0.39 is 0 Å². The molecule has 35 heavy (non-hydrogen) atoms. The topological polar surface area (TPSA) is 81.4 Å². The highest BCUT2D eigenvalue weighted by Crippen LogP contribution is 2.42. The summed E-state index contributed by atoms with van der Waals surface area (Å²) in [5.74, 6) is 1.01. The summed E-state index contributed by atoms with van der Waals surface area (Å²) in [7, 11) is 0. The lowest BCUT2D eigenvalue weighted by Crippen LogP contribution is -2.33. The van der Waals surface area contributed by atoms with Crippen molar-refractivity contribution in [1.29, 1.82) is 0 Å². The van der Waals surface area contributed by atoms with E-state index in [-0.39, 0.29) is 17.3 Å². The lowest BCUT2D eigenvalue weighted by atomic mass is 9.90. The summed E-state index contributed by atoms with van der Waals surface area (Å²) in [5, 5.41) is 15.1. The molecule has 1 unspecified atom stereocenters. The third-order valence-corrected chi connectivity index (χ3v) is 9.45. The van der Waals surface area contributed by atoms with Gasteiger partial charge in [-0.2, -0.15) is 0 Å². The van der Waals surface area contributed by atoms with Gasteiger partial charge in [0.05, 0.1) is 23.3 Å². The van der Waals surface area contributed by atoms with E-state index in [4.69, 9.17) is 21.3 Å². The summed E-state index contributed by atoms with van der Waals surface area (Å²) < 4.78 is 8.20. The van der Waals surface area contributed by atoms with E-state index in [1.807, 2.05) is 10.5 Å². The average Bonchev–Trinajstić information content (AvgIpc) is 3.42. The number of anilines is 1. The first-order valence-electron chi connectivity index (χ1n) is 11.5. The molecule has 1 amide bonds. The van der Waals surface area contributed by atoms with Crippen LogP contribution in [-0.4, -0.2) is 42.6 Å². The molecule has 4 heterocycles. The van der Waals surface area contributed by atoms with Crippen LogP contribution in [0.1, 0.15) is 44.1 Å². The lowest BCUT2D eigenvalue weighted by molar-refractivity contribution is -0.113. The number of fused-ring (bicyclic) bond motifs is 5. The van der Waals surface area contributed by atoms with Gasteiger partial charge in [0, 0.05) is 27.8 Å². The normalized spacial score (nSPS) is 17.7. The van der Waals surface area contributed by atoms with E-state index in [1.165, 1.54) is 22.2 Å². The fourth-order valence-corrected chi connectivity index (χ4v) is 7.00. The van der Waals surface area contributed by atoms with Crippen LogP contribution < -0.4 is 5.32 Å². The Labute approximate surface area is 221 Å². The number of rotatable bonds is 8. The third-order valence-electron chi connectivity index (χ3n) is 6.04. The molecule has 1 aliphatic rings. The number of thioether (sulfide) groups is 2. The van der Waals surface area contributed by atoms with Gasteiger partial charge in [0.15, 0.2) is 16.0 Å². The summed E-state index contributed by atoms with van der Waals surface area (Å²) in [6.45, 7) is 7.08. The summed E-state index contributed by atoms with van der Waals surface area (Å²) in [6.07, 6.45) is 2.80. The maximum absolute atomic E-state index is 12.6. The van der Waals surface area contributed by atoms with Crippen molar-refractivity contribution in [1.82, 2.24) is 19.6 Å². The molecule has 0 spiro atoms. The third kappa shape index (κ3) is 5.04. The Morgan fingerprint density at radius 3 is 2.91 bits per heavy atom. The molecule has 0 saturated heterocycles. The second kappa shape index (κ2) is 10.3. The number of nitrogens with zero attached hydrogens (tertiary/aromatic N) is 4. The minimum atomic E-state index is -0.191. The van der Waals surface area contributed by atoms with Gasteiger partial charge in [0.2, 0.25) is 5.91 Å². The summed E-state index contributed by atoms with van der Waals surface area (Å²) in [6, 6.07) is 7.12. The zero-order valence-electron chi connectivity index (χ0n) is 19.8. The van der Waals surface area contributed by atoms with E-state index in [1.54, 1.807) is 41.3 Å². The number of carbonyl (C=O) groups excluding carboxylic acids is 1. The molecule has 5 rings (SSSR count).